The highest BCUT2D eigenvalue weighted by molar-refractivity contribution is 7.89. The van der Waals surface area contributed by atoms with Crippen LogP contribution in [-0.4, -0.2) is 34.9 Å². The Balaban J connectivity index is 1.64. The van der Waals surface area contributed by atoms with Crippen LogP contribution in [0.15, 0.2) is 34.0 Å². The standard InChI is InChI=1S/C14H17N5O2S2/c1-10-14(11(2)17-16-10)23(20,21)15-5-7-19-6-3-13(18-19)12-4-8-22-9-12/h3-4,6,8-9,15H,5,7H2,1-2H3,(H,16,17). The Hall–Kier alpha value is -1.97. The van der Waals surface area contributed by atoms with Crippen molar-refractivity contribution in [2.45, 2.75) is 25.3 Å². The van der Waals surface area contributed by atoms with Gasteiger partial charge in [-0.05, 0) is 31.4 Å². The van der Waals surface area contributed by atoms with E-state index in [-0.39, 0.29) is 11.4 Å². The van der Waals surface area contributed by atoms with E-state index in [2.05, 4.69) is 20.0 Å². The molecule has 0 fully saturated rings. The molecule has 0 unspecified atom stereocenters. The van der Waals surface area contributed by atoms with Crippen molar-refractivity contribution < 1.29 is 8.42 Å². The Bertz CT molecular complexity index is 874. The first-order chi connectivity index (χ1) is 11.0. The fraction of sp³-hybridized carbons (Fsp3) is 0.286. The topological polar surface area (TPSA) is 92.7 Å². The van der Waals surface area contributed by atoms with Gasteiger partial charge in [-0.15, -0.1) is 0 Å². The van der Waals surface area contributed by atoms with Crippen LogP contribution in [-0.2, 0) is 16.6 Å². The molecule has 2 N–H and O–H groups in total. The number of hydrogen-bond acceptors (Lipinski definition) is 5. The van der Waals surface area contributed by atoms with Crippen molar-refractivity contribution in [1.29, 1.82) is 0 Å². The summed E-state index contributed by atoms with van der Waals surface area (Å²) in [5.41, 5.74) is 2.96. The number of nitrogens with zero attached hydrogens (tertiary/aromatic N) is 3. The van der Waals surface area contributed by atoms with Gasteiger partial charge in [0.15, 0.2) is 0 Å². The van der Waals surface area contributed by atoms with E-state index in [9.17, 15) is 8.42 Å². The van der Waals surface area contributed by atoms with Crippen molar-refractivity contribution in [3.63, 3.8) is 0 Å². The van der Waals surface area contributed by atoms with Crippen LogP contribution in [0.3, 0.4) is 0 Å². The number of H-pyrrole nitrogens is 1. The molecule has 0 aliphatic rings. The van der Waals surface area contributed by atoms with E-state index in [1.54, 1.807) is 29.9 Å². The van der Waals surface area contributed by atoms with E-state index in [4.69, 9.17) is 0 Å². The zero-order valence-corrected chi connectivity index (χ0v) is 14.4. The van der Waals surface area contributed by atoms with Crippen molar-refractivity contribution in [3.05, 3.63) is 40.5 Å². The van der Waals surface area contributed by atoms with Crippen LogP contribution in [0.2, 0.25) is 0 Å². The van der Waals surface area contributed by atoms with Gasteiger partial charge in [0.2, 0.25) is 10.0 Å². The van der Waals surface area contributed by atoms with Crippen molar-refractivity contribution >= 4 is 21.4 Å². The van der Waals surface area contributed by atoms with Gasteiger partial charge in [0.05, 0.1) is 23.6 Å². The molecule has 0 atom stereocenters. The molecule has 7 nitrogen and oxygen atoms in total. The fourth-order valence-corrected chi connectivity index (χ4v) is 4.39. The van der Waals surface area contributed by atoms with Gasteiger partial charge in [0, 0.05) is 23.7 Å². The average Bonchev–Trinajstić information content (AvgIpc) is 3.19. The fourth-order valence-electron chi connectivity index (χ4n) is 2.35. The smallest absolute Gasteiger partial charge is 0.244 e. The first-order valence-corrected chi connectivity index (χ1v) is 9.47. The maximum absolute atomic E-state index is 12.3. The number of aromatic amines is 1. The number of nitrogens with one attached hydrogen (secondary N) is 2. The van der Waals surface area contributed by atoms with Crippen molar-refractivity contribution in [1.82, 2.24) is 24.7 Å². The third-order valence-electron chi connectivity index (χ3n) is 3.42. The molecule has 122 valence electrons. The molecule has 3 aromatic heterocycles. The molecule has 0 saturated heterocycles. The number of thiophene rings is 1. The van der Waals surface area contributed by atoms with E-state index in [0.29, 0.717) is 17.9 Å². The highest BCUT2D eigenvalue weighted by Gasteiger charge is 2.21. The molecule has 3 aromatic rings. The number of rotatable bonds is 6. The normalized spacial score (nSPS) is 11.9. The minimum Gasteiger partial charge on any atom is -0.281 e. The van der Waals surface area contributed by atoms with Crippen molar-refractivity contribution in [3.8, 4) is 11.3 Å². The van der Waals surface area contributed by atoms with Gasteiger partial charge in [-0.25, -0.2) is 13.1 Å². The molecule has 0 aliphatic carbocycles. The molecule has 23 heavy (non-hydrogen) atoms. The summed E-state index contributed by atoms with van der Waals surface area (Å²) in [6, 6.07) is 3.92. The minimum atomic E-state index is -3.57. The van der Waals surface area contributed by atoms with Crippen molar-refractivity contribution in [2.75, 3.05) is 6.54 Å². The maximum Gasteiger partial charge on any atom is 0.244 e. The Morgan fingerprint density at radius 1 is 1.35 bits per heavy atom. The maximum atomic E-state index is 12.3. The van der Waals surface area contributed by atoms with Gasteiger partial charge in [-0.3, -0.25) is 9.78 Å². The highest BCUT2D eigenvalue weighted by Crippen LogP contribution is 2.19. The zero-order valence-electron chi connectivity index (χ0n) is 12.8. The lowest BCUT2D eigenvalue weighted by Crippen LogP contribution is -2.28. The first kappa shape index (κ1) is 15.9. The predicted molar refractivity (Wildman–Crippen MR) is 88.8 cm³/mol. The molecule has 9 heteroatoms. The van der Waals surface area contributed by atoms with E-state index in [1.807, 2.05) is 29.1 Å². The van der Waals surface area contributed by atoms with Crippen LogP contribution in [0.4, 0.5) is 0 Å². The van der Waals surface area contributed by atoms with Gasteiger partial charge >= 0.3 is 0 Å². The minimum absolute atomic E-state index is 0.219. The van der Waals surface area contributed by atoms with Gasteiger partial charge in [-0.2, -0.15) is 21.5 Å². The van der Waals surface area contributed by atoms with Gasteiger partial charge in [0.25, 0.3) is 0 Å². The van der Waals surface area contributed by atoms with E-state index < -0.39 is 10.0 Å². The van der Waals surface area contributed by atoms with Gasteiger partial charge in [0.1, 0.15) is 4.90 Å². The summed E-state index contributed by atoms with van der Waals surface area (Å²) in [5, 5.41) is 15.1. The summed E-state index contributed by atoms with van der Waals surface area (Å²) in [6.45, 7) is 4.07. The largest absolute Gasteiger partial charge is 0.281 e. The summed E-state index contributed by atoms with van der Waals surface area (Å²) in [6.07, 6.45) is 1.84. The average molecular weight is 351 g/mol. The highest BCUT2D eigenvalue weighted by atomic mass is 32.2. The predicted octanol–water partition coefficient (Wildman–Crippen LogP) is 1.93. The van der Waals surface area contributed by atoms with Crippen LogP contribution >= 0.6 is 11.3 Å². The second-order valence-corrected chi connectivity index (χ2v) is 7.62. The van der Waals surface area contributed by atoms with Gasteiger partial charge < -0.3 is 0 Å². The molecular formula is C14H17N5O2S2. The third kappa shape index (κ3) is 3.36. The number of aryl methyl sites for hydroxylation is 2. The molecule has 0 aromatic carbocycles. The summed E-state index contributed by atoms with van der Waals surface area (Å²) < 4.78 is 29.0. The molecule has 0 radical (unpaired) electrons. The van der Waals surface area contributed by atoms with Crippen molar-refractivity contribution in [2.24, 2.45) is 0 Å². The van der Waals surface area contributed by atoms with E-state index >= 15 is 0 Å². The summed E-state index contributed by atoms with van der Waals surface area (Å²) in [4.78, 5) is 0.219. The quantitative estimate of drug-likeness (QED) is 0.710. The summed E-state index contributed by atoms with van der Waals surface area (Å²) in [7, 11) is -3.57. The van der Waals surface area contributed by atoms with E-state index in [1.165, 1.54) is 0 Å². The van der Waals surface area contributed by atoms with E-state index in [0.717, 1.165) is 11.3 Å². The molecule has 0 aliphatic heterocycles. The van der Waals surface area contributed by atoms with Gasteiger partial charge in [-0.1, -0.05) is 0 Å². The van der Waals surface area contributed by atoms with Crippen LogP contribution in [0.1, 0.15) is 11.4 Å². The molecule has 3 heterocycles. The molecular weight excluding hydrogens is 334 g/mol. The summed E-state index contributed by atoms with van der Waals surface area (Å²) in [5.74, 6) is 0. The van der Waals surface area contributed by atoms with Crippen LogP contribution in [0, 0.1) is 13.8 Å². The van der Waals surface area contributed by atoms with Crippen LogP contribution in [0.5, 0.6) is 0 Å². The number of sulfonamides is 1. The monoisotopic (exact) mass is 351 g/mol. The lowest BCUT2D eigenvalue weighted by Gasteiger charge is -2.07. The Morgan fingerprint density at radius 3 is 2.83 bits per heavy atom. The SMILES string of the molecule is Cc1n[nH]c(C)c1S(=O)(=O)NCCn1ccc(-c2ccsc2)n1. The second kappa shape index (κ2) is 6.26. The molecule has 0 bridgehead atoms. The summed E-state index contributed by atoms with van der Waals surface area (Å²) >= 11 is 1.62. The Kier molecular flexibility index (Phi) is 4.33. The lowest BCUT2D eigenvalue weighted by atomic mass is 10.2. The molecule has 0 amide bonds. The molecule has 0 saturated carbocycles. The number of aromatic nitrogens is 4. The van der Waals surface area contributed by atoms with Crippen LogP contribution in [0.25, 0.3) is 11.3 Å². The Labute approximate surface area is 138 Å². The third-order valence-corrected chi connectivity index (χ3v) is 5.83. The van der Waals surface area contributed by atoms with Crippen LogP contribution < -0.4 is 4.72 Å². The lowest BCUT2D eigenvalue weighted by molar-refractivity contribution is 0.560. The molecule has 0 spiro atoms. The Morgan fingerprint density at radius 2 is 2.17 bits per heavy atom. The zero-order chi connectivity index (χ0) is 16.4. The second-order valence-electron chi connectivity index (χ2n) is 5.14. The molecule has 3 rings (SSSR count). The first-order valence-electron chi connectivity index (χ1n) is 7.04. The number of hydrogen-bond donors (Lipinski definition) is 2.